The molecule has 1 heterocycles. The van der Waals surface area contributed by atoms with Crippen LogP contribution in [-0.4, -0.2) is 38.6 Å². The molecule has 1 aromatic carbocycles. The van der Waals surface area contributed by atoms with Gasteiger partial charge >= 0.3 is 0 Å². The Bertz CT molecular complexity index is 349. The highest BCUT2D eigenvalue weighted by molar-refractivity contribution is 5.35. The SMILES string of the molecule is COc1ccccc1C(CO)OCC1COC1. The van der Waals surface area contributed by atoms with E-state index >= 15 is 0 Å². The number of aliphatic hydroxyl groups is 1. The fourth-order valence-electron chi connectivity index (χ4n) is 1.81. The molecule has 0 aliphatic carbocycles. The van der Waals surface area contributed by atoms with E-state index in [9.17, 15) is 5.11 Å². The Hall–Kier alpha value is -1.10. The second kappa shape index (κ2) is 6.00. The van der Waals surface area contributed by atoms with Gasteiger partial charge in [0.2, 0.25) is 0 Å². The summed E-state index contributed by atoms with van der Waals surface area (Å²) >= 11 is 0. The predicted octanol–water partition coefficient (Wildman–Crippen LogP) is 1.39. The van der Waals surface area contributed by atoms with Crippen LogP contribution in [0.4, 0.5) is 0 Å². The van der Waals surface area contributed by atoms with Crippen LogP contribution in [0.2, 0.25) is 0 Å². The zero-order chi connectivity index (χ0) is 12.1. The van der Waals surface area contributed by atoms with E-state index in [2.05, 4.69) is 0 Å². The van der Waals surface area contributed by atoms with Gasteiger partial charge < -0.3 is 19.3 Å². The molecule has 1 atom stereocenters. The molecule has 1 aromatic rings. The van der Waals surface area contributed by atoms with Gasteiger partial charge in [-0.05, 0) is 6.07 Å². The number of rotatable bonds is 6. The zero-order valence-electron chi connectivity index (χ0n) is 9.96. The van der Waals surface area contributed by atoms with Gasteiger partial charge in [0.05, 0.1) is 33.5 Å². The first-order valence-corrected chi connectivity index (χ1v) is 5.78. The zero-order valence-corrected chi connectivity index (χ0v) is 9.96. The maximum absolute atomic E-state index is 9.39. The van der Waals surface area contributed by atoms with Crippen LogP contribution in [0.25, 0.3) is 0 Å². The normalized spacial score (nSPS) is 17.5. The molecule has 1 fully saturated rings. The van der Waals surface area contributed by atoms with Gasteiger partial charge in [-0.1, -0.05) is 18.2 Å². The van der Waals surface area contributed by atoms with Crippen molar-refractivity contribution in [1.29, 1.82) is 0 Å². The fourth-order valence-corrected chi connectivity index (χ4v) is 1.81. The molecule has 0 radical (unpaired) electrons. The van der Waals surface area contributed by atoms with Gasteiger partial charge in [-0.3, -0.25) is 0 Å². The number of hydrogen-bond acceptors (Lipinski definition) is 4. The number of aliphatic hydroxyl groups excluding tert-OH is 1. The van der Waals surface area contributed by atoms with Crippen LogP contribution < -0.4 is 4.74 Å². The van der Waals surface area contributed by atoms with Crippen molar-refractivity contribution >= 4 is 0 Å². The molecule has 0 saturated carbocycles. The van der Waals surface area contributed by atoms with Gasteiger partial charge in [-0.2, -0.15) is 0 Å². The van der Waals surface area contributed by atoms with E-state index in [1.165, 1.54) is 0 Å². The third-order valence-electron chi connectivity index (χ3n) is 2.89. The molecule has 4 nitrogen and oxygen atoms in total. The van der Waals surface area contributed by atoms with Gasteiger partial charge in [-0.15, -0.1) is 0 Å². The molecule has 0 spiro atoms. The molecule has 1 N–H and O–H groups in total. The van der Waals surface area contributed by atoms with Crippen molar-refractivity contribution in [2.75, 3.05) is 33.5 Å². The first kappa shape index (κ1) is 12.4. The van der Waals surface area contributed by atoms with Crippen molar-refractivity contribution in [2.24, 2.45) is 5.92 Å². The number of methoxy groups -OCH3 is 1. The third kappa shape index (κ3) is 2.97. The number of para-hydroxylation sites is 1. The van der Waals surface area contributed by atoms with Crippen LogP contribution in [0.3, 0.4) is 0 Å². The minimum atomic E-state index is -0.327. The van der Waals surface area contributed by atoms with E-state index in [4.69, 9.17) is 14.2 Å². The predicted molar refractivity (Wildman–Crippen MR) is 63.1 cm³/mol. The van der Waals surface area contributed by atoms with Gasteiger partial charge in [-0.25, -0.2) is 0 Å². The molecule has 94 valence electrons. The van der Waals surface area contributed by atoms with Crippen LogP contribution >= 0.6 is 0 Å². The van der Waals surface area contributed by atoms with Crippen LogP contribution in [0.15, 0.2) is 24.3 Å². The molecular weight excluding hydrogens is 220 g/mol. The van der Waals surface area contributed by atoms with Gasteiger partial charge in [0, 0.05) is 11.5 Å². The van der Waals surface area contributed by atoms with Crippen molar-refractivity contribution in [3.8, 4) is 5.75 Å². The fraction of sp³-hybridized carbons (Fsp3) is 0.538. The summed E-state index contributed by atoms with van der Waals surface area (Å²) in [5.74, 6) is 1.20. The number of ether oxygens (including phenoxy) is 3. The van der Waals surface area contributed by atoms with Gasteiger partial charge in [0.1, 0.15) is 11.9 Å². The van der Waals surface area contributed by atoms with Crippen LogP contribution in [0.5, 0.6) is 5.75 Å². The third-order valence-corrected chi connectivity index (χ3v) is 2.89. The number of benzene rings is 1. The second-order valence-electron chi connectivity index (χ2n) is 4.15. The van der Waals surface area contributed by atoms with E-state index in [1.807, 2.05) is 24.3 Å². The lowest BCUT2D eigenvalue weighted by molar-refractivity contribution is -0.0957. The number of hydrogen-bond donors (Lipinski definition) is 1. The van der Waals surface area contributed by atoms with Crippen molar-refractivity contribution in [2.45, 2.75) is 6.10 Å². The highest BCUT2D eigenvalue weighted by Gasteiger charge is 2.22. The van der Waals surface area contributed by atoms with Gasteiger partial charge in [0.25, 0.3) is 0 Å². The van der Waals surface area contributed by atoms with E-state index in [-0.39, 0.29) is 12.7 Å². The highest BCUT2D eigenvalue weighted by Crippen LogP contribution is 2.28. The second-order valence-corrected chi connectivity index (χ2v) is 4.15. The minimum absolute atomic E-state index is 0.0477. The van der Waals surface area contributed by atoms with Crippen molar-refractivity contribution in [3.05, 3.63) is 29.8 Å². The smallest absolute Gasteiger partial charge is 0.124 e. The average Bonchev–Trinajstić information content (AvgIpc) is 2.32. The molecule has 0 aromatic heterocycles. The maximum atomic E-state index is 9.39. The van der Waals surface area contributed by atoms with E-state index < -0.39 is 0 Å². The summed E-state index contributed by atoms with van der Waals surface area (Å²) in [7, 11) is 1.62. The molecular formula is C13H18O4. The Morgan fingerprint density at radius 1 is 1.41 bits per heavy atom. The summed E-state index contributed by atoms with van der Waals surface area (Å²) in [5.41, 5.74) is 0.887. The van der Waals surface area contributed by atoms with E-state index in [1.54, 1.807) is 7.11 Å². The Labute approximate surface area is 101 Å². The summed E-state index contributed by atoms with van der Waals surface area (Å²) in [6.45, 7) is 2.07. The first-order chi connectivity index (χ1) is 8.35. The summed E-state index contributed by atoms with van der Waals surface area (Å²) < 4.78 is 16.1. The first-order valence-electron chi connectivity index (χ1n) is 5.78. The Morgan fingerprint density at radius 2 is 2.18 bits per heavy atom. The Balaban J connectivity index is 1.99. The van der Waals surface area contributed by atoms with Crippen molar-refractivity contribution < 1.29 is 19.3 Å². The summed E-state index contributed by atoms with van der Waals surface area (Å²) in [6.07, 6.45) is -0.327. The molecule has 17 heavy (non-hydrogen) atoms. The van der Waals surface area contributed by atoms with Crippen molar-refractivity contribution in [3.63, 3.8) is 0 Å². The molecule has 4 heteroatoms. The highest BCUT2D eigenvalue weighted by atomic mass is 16.5. The molecule has 1 unspecified atom stereocenters. The molecule has 0 amide bonds. The van der Waals surface area contributed by atoms with E-state index in [0.29, 0.717) is 12.5 Å². The lowest BCUT2D eigenvalue weighted by Crippen LogP contribution is -2.32. The monoisotopic (exact) mass is 238 g/mol. The lowest BCUT2D eigenvalue weighted by Gasteiger charge is -2.28. The molecule has 2 rings (SSSR count). The maximum Gasteiger partial charge on any atom is 0.124 e. The van der Waals surface area contributed by atoms with Crippen LogP contribution in [0, 0.1) is 5.92 Å². The molecule has 1 saturated heterocycles. The largest absolute Gasteiger partial charge is 0.496 e. The Morgan fingerprint density at radius 3 is 2.76 bits per heavy atom. The minimum Gasteiger partial charge on any atom is -0.496 e. The summed E-state index contributed by atoms with van der Waals surface area (Å²) in [5, 5.41) is 9.39. The van der Waals surface area contributed by atoms with Crippen LogP contribution in [0.1, 0.15) is 11.7 Å². The van der Waals surface area contributed by atoms with Crippen LogP contribution in [-0.2, 0) is 9.47 Å². The molecule has 1 aliphatic rings. The average molecular weight is 238 g/mol. The quantitative estimate of drug-likeness (QED) is 0.813. The lowest BCUT2D eigenvalue weighted by atomic mass is 10.1. The summed E-state index contributed by atoms with van der Waals surface area (Å²) in [4.78, 5) is 0. The topological polar surface area (TPSA) is 47.9 Å². The standard InChI is InChI=1S/C13H18O4/c1-15-12-5-3-2-4-11(12)13(6-14)17-9-10-7-16-8-10/h2-5,10,13-14H,6-9H2,1H3. The van der Waals surface area contributed by atoms with Gasteiger partial charge in [0.15, 0.2) is 0 Å². The Kier molecular flexibility index (Phi) is 4.36. The molecule has 1 aliphatic heterocycles. The van der Waals surface area contributed by atoms with Crippen molar-refractivity contribution in [1.82, 2.24) is 0 Å². The molecule has 0 bridgehead atoms. The summed E-state index contributed by atoms with van der Waals surface area (Å²) in [6, 6.07) is 7.59. The van der Waals surface area contributed by atoms with E-state index in [0.717, 1.165) is 24.5 Å².